The van der Waals surface area contributed by atoms with Crippen molar-refractivity contribution in [1.82, 2.24) is 0 Å². The van der Waals surface area contributed by atoms with Crippen LogP contribution in [-0.2, 0) is 15.3 Å². The average molecular weight is 266 g/mol. The standard InChI is InChI=1S/C15H22O2S/c1-3-4-5-6-7-8-13-17-18(16)15-11-9-14(2)10-12-15/h7-12H,3-6,13H2,1-2H3/b8-7+. The Kier molecular flexibility index (Phi) is 7.62. The zero-order valence-corrected chi connectivity index (χ0v) is 12.0. The van der Waals surface area contributed by atoms with Gasteiger partial charge >= 0.3 is 0 Å². The Morgan fingerprint density at radius 1 is 1.17 bits per heavy atom. The first-order chi connectivity index (χ1) is 8.74. The molecular formula is C15H22O2S. The Labute approximate surface area is 113 Å². The van der Waals surface area contributed by atoms with Crippen LogP contribution in [-0.4, -0.2) is 10.8 Å². The molecule has 0 aliphatic rings. The minimum absolute atomic E-state index is 0.409. The SMILES string of the molecule is CCCCC/C=C/COS(=O)c1ccc(C)cc1. The molecular weight excluding hydrogens is 244 g/mol. The molecule has 0 bridgehead atoms. The van der Waals surface area contributed by atoms with Gasteiger partial charge < -0.3 is 0 Å². The van der Waals surface area contributed by atoms with Gasteiger partial charge in [-0.3, -0.25) is 4.18 Å². The van der Waals surface area contributed by atoms with Crippen molar-refractivity contribution in [3.05, 3.63) is 42.0 Å². The van der Waals surface area contributed by atoms with Gasteiger partial charge in [-0.25, -0.2) is 4.21 Å². The summed E-state index contributed by atoms with van der Waals surface area (Å²) in [5.41, 5.74) is 1.16. The third kappa shape index (κ3) is 6.12. The van der Waals surface area contributed by atoms with E-state index in [-0.39, 0.29) is 0 Å². The number of allylic oxidation sites excluding steroid dienone is 1. The van der Waals surface area contributed by atoms with E-state index in [1.165, 1.54) is 19.3 Å². The maximum atomic E-state index is 11.7. The van der Waals surface area contributed by atoms with Crippen molar-refractivity contribution in [2.24, 2.45) is 0 Å². The number of rotatable bonds is 8. The first-order valence-electron chi connectivity index (χ1n) is 6.50. The van der Waals surface area contributed by atoms with E-state index in [1.807, 2.05) is 37.3 Å². The van der Waals surface area contributed by atoms with Gasteiger partial charge in [0.2, 0.25) is 0 Å². The largest absolute Gasteiger partial charge is 0.283 e. The molecule has 1 atom stereocenters. The Balaban J connectivity index is 2.23. The lowest BCUT2D eigenvalue weighted by Crippen LogP contribution is -1.97. The molecule has 0 fully saturated rings. The second-order valence-electron chi connectivity index (χ2n) is 4.30. The van der Waals surface area contributed by atoms with Crippen LogP contribution in [0.5, 0.6) is 0 Å². The fourth-order valence-electron chi connectivity index (χ4n) is 1.52. The fourth-order valence-corrected chi connectivity index (χ4v) is 2.21. The number of hydrogen-bond donors (Lipinski definition) is 0. The third-order valence-corrected chi connectivity index (χ3v) is 3.63. The average Bonchev–Trinajstić information content (AvgIpc) is 2.38. The lowest BCUT2D eigenvalue weighted by Gasteiger charge is -2.01. The molecule has 0 amide bonds. The lowest BCUT2D eigenvalue weighted by atomic mass is 10.2. The number of hydrogen-bond acceptors (Lipinski definition) is 2. The topological polar surface area (TPSA) is 26.3 Å². The van der Waals surface area contributed by atoms with E-state index in [4.69, 9.17) is 4.18 Å². The molecule has 0 heterocycles. The minimum Gasteiger partial charge on any atom is -0.283 e. The first kappa shape index (κ1) is 15.1. The molecule has 0 aromatic heterocycles. The summed E-state index contributed by atoms with van der Waals surface area (Å²) in [5, 5.41) is 0. The Morgan fingerprint density at radius 2 is 1.89 bits per heavy atom. The van der Waals surface area contributed by atoms with Crippen LogP contribution in [0.15, 0.2) is 41.3 Å². The van der Waals surface area contributed by atoms with Crippen molar-refractivity contribution in [3.8, 4) is 0 Å². The number of benzene rings is 1. The first-order valence-corrected chi connectivity index (χ1v) is 7.58. The van der Waals surface area contributed by atoms with Gasteiger partial charge in [-0.2, -0.15) is 0 Å². The van der Waals surface area contributed by atoms with Gasteiger partial charge in [-0.1, -0.05) is 49.6 Å². The van der Waals surface area contributed by atoms with Gasteiger partial charge in [0.1, 0.15) is 0 Å². The van der Waals surface area contributed by atoms with Crippen LogP contribution in [0.2, 0.25) is 0 Å². The summed E-state index contributed by atoms with van der Waals surface area (Å²) in [7, 11) is 0. The molecule has 100 valence electrons. The number of unbranched alkanes of at least 4 members (excludes halogenated alkanes) is 3. The lowest BCUT2D eigenvalue weighted by molar-refractivity contribution is 0.394. The van der Waals surface area contributed by atoms with Gasteiger partial charge in [0.15, 0.2) is 11.1 Å². The second-order valence-corrected chi connectivity index (χ2v) is 5.48. The van der Waals surface area contributed by atoms with Crippen molar-refractivity contribution in [3.63, 3.8) is 0 Å². The molecule has 1 rings (SSSR count). The van der Waals surface area contributed by atoms with Crippen molar-refractivity contribution < 1.29 is 8.39 Å². The van der Waals surface area contributed by atoms with Crippen molar-refractivity contribution in [1.29, 1.82) is 0 Å². The van der Waals surface area contributed by atoms with E-state index >= 15 is 0 Å². The van der Waals surface area contributed by atoms with E-state index in [2.05, 4.69) is 13.0 Å². The predicted octanol–water partition coefficient (Wildman–Crippen LogP) is 4.17. The third-order valence-electron chi connectivity index (χ3n) is 2.63. The molecule has 0 aliphatic heterocycles. The van der Waals surface area contributed by atoms with Crippen LogP contribution < -0.4 is 0 Å². The van der Waals surface area contributed by atoms with E-state index in [0.29, 0.717) is 6.61 Å². The van der Waals surface area contributed by atoms with Crippen LogP contribution in [0.25, 0.3) is 0 Å². The van der Waals surface area contributed by atoms with Crippen molar-refractivity contribution in [2.45, 2.75) is 44.4 Å². The van der Waals surface area contributed by atoms with Crippen LogP contribution in [0.1, 0.15) is 38.2 Å². The number of aryl methyl sites for hydroxylation is 1. The minimum atomic E-state index is -1.35. The van der Waals surface area contributed by atoms with Crippen LogP contribution in [0.3, 0.4) is 0 Å². The monoisotopic (exact) mass is 266 g/mol. The summed E-state index contributed by atoms with van der Waals surface area (Å²) in [6, 6.07) is 7.57. The van der Waals surface area contributed by atoms with E-state index < -0.39 is 11.1 Å². The zero-order valence-electron chi connectivity index (χ0n) is 11.2. The highest BCUT2D eigenvalue weighted by Crippen LogP contribution is 2.09. The molecule has 3 heteroatoms. The van der Waals surface area contributed by atoms with Gasteiger partial charge in [0.05, 0.1) is 11.5 Å². The summed E-state index contributed by atoms with van der Waals surface area (Å²) in [6.07, 6.45) is 8.84. The summed E-state index contributed by atoms with van der Waals surface area (Å²) in [6.45, 7) is 4.61. The van der Waals surface area contributed by atoms with Crippen molar-refractivity contribution >= 4 is 11.1 Å². The Hall–Kier alpha value is -0.930. The second kappa shape index (κ2) is 9.06. The maximum Gasteiger partial charge on any atom is 0.189 e. The molecule has 0 aliphatic carbocycles. The maximum absolute atomic E-state index is 11.7. The molecule has 0 saturated heterocycles. The summed E-state index contributed by atoms with van der Waals surface area (Å²) < 4.78 is 17.0. The highest BCUT2D eigenvalue weighted by atomic mass is 32.2. The molecule has 0 saturated carbocycles. The van der Waals surface area contributed by atoms with E-state index in [9.17, 15) is 4.21 Å². The molecule has 1 aromatic carbocycles. The molecule has 18 heavy (non-hydrogen) atoms. The van der Waals surface area contributed by atoms with Crippen molar-refractivity contribution in [2.75, 3.05) is 6.61 Å². The fraction of sp³-hybridized carbons (Fsp3) is 0.467. The molecule has 2 nitrogen and oxygen atoms in total. The van der Waals surface area contributed by atoms with Gasteiger partial charge in [-0.15, -0.1) is 0 Å². The highest BCUT2D eigenvalue weighted by Gasteiger charge is 2.02. The van der Waals surface area contributed by atoms with Crippen LogP contribution >= 0.6 is 0 Å². The van der Waals surface area contributed by atoms with E-state index in [1.54, 1.807) is 0 Å². The highest BCUT2D eigenvalue weighted by molar-refractivity contribution is 7.80. The van der Waals surface area contributed by atoms with Gasteiger partial charge in [0.25, 0.3) is 0 Å². The normalized spacial score (nSPS) is 13.0. The molecule has 0 N–H and O–H groups in total. The summed E-state index contributed by atoms with van der Waals surface area (Å²) in [4.78, 5) is 0.722. The summed E-state index contributed by atoms with van der Waals surface area (Å²) in [5.74, 6) is 0. The molecule has 0 spiro atoms. The quantitative estimate of drug-likeness (QED) is 0.521. The Bertz CT molecular complexity index is 382. The van der Waals surface area contributed by atoms with Crippen LogP contribution in [0, 0.1) is 6.92 Å². The predicted molar refractivity (Wildman–Crippen MR) is 76.8 cm³/mol. The molecule has 0 radical (unpaired) electrons. The smallest absolute Gasteiger partial charge is 0.189 e. The zero-order chi connectivity index (χ0) is 13.2. The van der Waals surface area contributed by atoms with Crippen LogP contribution in [0.4, 0.5) is 0 Å². The molecule has 1 unspecified atom stereocenters. The summed E-state index contributed by atoms with van der Waals surface area (Å²) >= 11 is -1.35. The van der Waals surface area contributed by atoms with E-state index in [0.717, 1.165) is 16.9 Å². The molecule has 1 aromatic rings. The van der Waals surface area contributed by atoms with Gasteiger partial charge in [-0.05, 0) is 31.9 Å². The Morgan fingerprint density at radius 3 is 2.56 bits per heavy atom. The van der Waals surface area contributed by atoms with Gasteiger partial charge in [0, 0.05) is 0 Å².